The lowest BCUT2D eigenvalue weighted by atomic mass is 9.69. The molecule has 0 amide bonds. The largest absolute Gasteiger partial charge is 0.507 e. The number of carbonyl (C=O) groups is 3. The van der Waals surface area contributed by atoms with Gasteiger partial charge in [-0.2, -0.15) is 0 Å². The fraction of sp³-hybridized carbons (Fsp3) is 0.455. The fourth-order valence-electron chi connectivity index (χ4n) is 8.28. The number of hydrogen-bond donors (Lipinski definition) is 5. The number of phenolic OH excluding ortho intramolecular Hbond substituents is 2. The monoisotopic (exact) mass is 616 g/mol. The average molecular weight is 617 g/mol. The molecule has 0 aromatic heterocycles. The lowest BCUT2D eigenvalue weighted by Gasteiger charge is -2.46. The van der Waals surface area contributed by atoms with Crippen LogP contribution in [0, 0.1) is 0 Å². The van der Waals surface area contributed by atoms with E-state index in [1.807, 2.05) is 13.0 Å². The summed E-state index contributed by atoms with van der Waals surface area (Å²) in [6, 6.07) is 5.76. The van der Waals surface area contributed by atoms with Gasteiger partial charge in [-0.3, -0.25) is 19.4 Å². The Morgan fingerprint density at radius 3 is 2.62 bits per heavy atom. The Bertz CT molecular complexity index is 1800. The average Bonchev–Trinajstić information content (AvgIpc) is 3.62. The molecule has 45 heavy (non-hydrogen) atoms. The highest BCUT2D eigenvalue weighted by molar-refractivity contribution is 6.30. The first-order valence-electron chi connectivity index (χ1n) is 15.1. The Balaban J connectivity index is 1.29. The maximum Gasteiger partial charge on any atom is 0.198 e. The summed E-state index contributed by atoms with van der Waals surface area (Å²) in [6.45, 7) is 5.13. The van der Waals surface area contributed by atoms with Crippen molar-refractivity contribution in [2.45, 2.75) is 87.5 Å². The number of hydrogen-bond acceptors (Lipinski definition) is 12. The first-order chi connectivity index (χ1) is 21.3. The normalized spacial score (nSPS) is 37.4. The number of benzene rings is 2. The highest BCUT2D eigenvalue weighted by Gasteiger charge is 2.65. The zero-order valence-electron chi connectivity index (χ0n) is 24.8. The van der Waals surface area contributed by atoms with E-state index in [0.29, 0.717) is 29.9 Å². The van der Waals surface area contributed by atoms with Crippen LogP contribution >= 0.6 is 0 Å². The van der Waals surface area contributed by atoms with E-state index in [1.54, 1.807) is 0 Å². The Labute approximate surface area is 257 Å². The molecule has 8 atom stereocenters. The number of phenols is 2. The molecular formula is C33H32N2O10. The zero-order chi connectivity index (χ0) is 31.8. The summed E-state index contributed by atoms with van der Waals surface area (Å²) in [5, 5.41) is 47.7. The fourth-order valence-corrected chi connectivity index (χ4v) is 8.28. The SMILES string of the molecule is CC(=O)[C@]1(O)[C@H](O)CC(O[C@@H]2c3cc4c(c(O)c3[C@@H]3C[C@@]2(C)O[C@@]32C=C3CCN=C3N2)C(=O)c2cccc(O)c2C4=O)O[C@H]1C. The second-order valence-electron chi connectivity index (χ2n) is 13.1. The Hall–Kier alpha value is -3.94. The molecule has 4 heterocycles. The smallest absolute Gasteiger partial charge is 0.198 e. The number of ether oxygens (including phenoxy) is 3. The van der Waals surface area contributed by atoms with Gasteiger partial charge in [-0.05, 0) is 63.0 Å². The molecule has 0 radical (unpaired) electrons. The van der Waals surface area contributed by atoms with Gasteiger partial charge in [0.05, 0.1) is 28.9 Å². The number of nitrogens with one attached hydrogen (secondary N) is 1. The number of rotatable bonds is 3. The van der Waals surface area contributed by atoms with Gasteiger partial charge in [-0.15, -0.1) is 0 Å². The molecule has 2 bridgehead atoms. The minimum atomic E-state index is -2.12. The van der Waals surface area contributed by atoms with E-state index in [1.165, 1.54) is 38.1 Å². The number of Topliss-reactive ketones (excluding diaryl/α,β-unsaturated/α-hetero) is 1. The van der Waals surface area contributed by atoms with E-state index in [2.05, 4.69) is 10.3 Å². The second-order valence-corrected chi connectivity index (χ2v) is 13.1. The van der Waals surface area contributed by atoms with E-state index >= 15 is 0 Å². The molecule has 2 aliphatic carbocycles. The van der Waals surface area contributed by atoms with Gasteiger partial charge in [-0.1, -0.05) is 12.1 Å². The van der Waals surface area contributed by atoms with Crippen LogP contribution in [0.5, 0.6) is 11.5 Å². The lowest BCUT2D eigenvalue weighted by Crippen LogP contribution is -2.62. The Morgan fingerprint density at radius 1 is 1.16 bits per heavy atom. The topological polar surface area (TPSA) is 184 Å². The summed E-state index contributed by atoms with van der Waals surface area (Å²) in [5.41, 5.74) is -2.98. The standard InChI is InChI=1S/C33H32N2O10/c1-13(36)33(42)14(2)43-22(10-21(33)38)44-29-18-9-17-25(26(39)16-5-4-6-20(37)24(16)27(17)40)28(41)23(18)19-12-31(29,3)45-32(19)11-15-7-8-34-30(15)35-32/h4-6,9,11,14,19,21-22,29,37-38,41-42H,7-8,10,12H2,1-3H3,(H,34,35)/t14-,19-,21+,22?,29+,31+,32-,33+/m0/s1. The minimum absolute atomic E-state index is 0.00452. The van der Waals surface area contributed by atoms with Gasteiger partial charge in [0.1, 0.15) is 23.4 Å². The molecule has 2 fully saturated rings. The maximum absolute atomic E-state index is 13.8. The van der Waals surface area contributed by atoms with Crippen molar-refractivity contribution in [2.75, 3.05) is 6.54 Å². The Morgan fingerprint density at radius 2 is 1.91 bits per heavy atom. The van der Waals surface area contributed by atoms with Crippen LogP contribution in [-0.2, 0) is 19.0 Å². The molecule has 12 heteroatoms. The van der Waals surface area contributed by atoms with Crippen molar-refractivity contribution in [1.29, 1.82) is 0 Å². The highest BCUT2D eigenvalue weighted by Crippen LogP contribution is 2.63. The van der Waals surface area contributed by atoms with Crippen LogP contribution in [0.2, 0.25) is 0 Å². The zero-order valence-corrected chi connectivity index (χ0v) is 24.8. The predicted octanol–water partition coefficient (Wildman–Crippen LogP) is 2.05. The second kappa shape index (κ2) is 9.08. The molecule has 1 unspecified atom stereocenters. The van der Waals surface area contributed by atoms with E-state index in [4.69, 9.17) is 14.2 Å². The summed E-state index contributed by atoms with van der Waals surface area (Å²) < 4.78 is 19.3. The molecule has 4 aliphatic heterocycles. The third kappa shape index (κ3) is 3.59. The molecule has 0 saturated carbocycles. The van der Waals surface area contributed by atoms with Crippen LogP contribution in [0.25, 0.3) is 0 Å². The van der Waals surface area contributed by atoms with E-state index in [9.17, 15) is 34.8 Å². The summed E-state index contributed by atoms with van der Waals surface area (Å²) in [5.74, 6) is -2.39. The van der Waals surface area contributed by atoms with Crippen molar-refractivity contribution in [1.82, 2.24) is 5.32 Å². The van der Waals surface area contributed by atoms with Crippen molar-refractivity contribution >= 4 is 23.2 Å². The number of aromatic hydroxyl groups is 2. The van der Waals surface area contributed by atoms with Crippen LogP contribution in [0.1, 0.15) is 95.0 Å². The van der Waals surface area contributed by atoms with E-state index in [0.717, 1.165) is 12.0 Å². The van der Waals surface area contributed by atoms with Gasteiger partial charge in [0, 0.05) is 35.6 Å². The molecule has 12 nitrogen and oxygen atoms in total. The van der Waals surface area contributed by atoms with E-state index in [-0.39, 0.29) is 40.2 Å². The quantitative estimate of drug-likeness (QED) is 0.290. The van der Waals surface area contributed by atoms with Crippen LogP contribution in [0.3, 0.4) is 0 Å². The van der Waals surface area contributed by atoms with Gasteiger partial charge < -0.3 is 40.0 Å². The van der Waals surface area contributed by atoms with Crippen molar-refractivity contribution in [2.24, 2.45) is 4.99 Å². The van der Waals surface area contributed by atoms with E-state index < -0.39 is 64.8 Å². The van der Waals surface area contributed by atoms with Crippen molar-refractivity contribution < 1.29 is 49.0 Å². The van der Waals surface area contributed by atoms with Crippen molar-refractivity contribution in [3.63, 3.8) is 0 Å². The molecule has 5 N–H and O–H groups in total. The maximum atomic E-state index is 13.8. The van der Waals surface area contributed by atoms with Crippen LogP contribution < -0.4 is 5.32 Å². The Kier molecular flexibility index (Phi) is 5.75. The van der Waals surface area contributed by atoms with Crippen LogP contribution in [0.15, 0.2) is 40.9 Å². The number of carbonyl (C=O) groups excluding carboxylic acids is 3. The molecular weight excluding hydrogens is 584 g/mol. The number of aliphatic hydroxyl groups is 2. The first-order valence-corrected chi connectivity index (χ1v) is 15.1. The number of fused-ring (bicyclic) bond motifs is 8. The van der Waals surface area contributed by atoms with Crippen LogP contribution in [0.4, 0.5) is 0 Å². The summed E-state index contributed by atoms with van der Waals surface area (Å²) in [4.78, 5) is 44.4. The van der Waals surface area contributed by atoms with Crippen molar-refractivity contribution in [3.05, 3.63) is 69.3 Å². The summed E-state index contributed by atoms with van der Waals surface area (Å²) in [7, 11) is 0. The third-order valence-corrected chi connectivity index (χ3v) is 10.5. The van der Waals surface area contributed by atoms with Gasteiger partial charge in [0.25, 0.3) is 0 Å². The van der Waals surface area contributed by atoms with Gasteiger partial charge in [-0.25, -0.2) is 0 Å². The van der Waals surface area contributed by atoms with Gasteiger partial charge in [0.15, 0.2) is 35.0 Å². The molecule has 6 aliphatic rings. The predicted molar refractivity (Wildman–Crippen MR) is 155 cm³/mol. The molecule has 1 spiro atoms. The van der Waals surface area contributed by atoms with Crippen LogP contribution in [-0.4, -0.2) is 85.6 Å². The number of aliphatic imine (C=N–C) groups is 1. The molecule has 2 aromatic rings. The first kappa shape index (κ1) is 28.5. The minimum Gasteiger partial charge on any atom is -0.507 e. The van der Waals surface area contributed by atoms with Gasteiger partial charge >= 0.3 is 0 Å². The number of aliphatic hydroxyl groups excluding tert-OH is 1. The number of amidine groups is 1. The highest BCUT2D eigenvalue weighted by atomic mass is 16.7. The number of ketones is 3. The number of nitrogens with zero attached hydrogens (tertiary/aromatic N) is 1. The summed E-state index contributed by atoms with van der Waals surface area (Å²) in [6.07, 6.45) is -1.93. The molecule has 2 saturated heterocycles. The third-order valence-electron chi connectivity index (χ3n) is 10.5. The van der Waals surface area contributed by atoms with Crippen molar-refractivity contribution in [3.8, 4) is 11.5 Å². The molecule has 8 rings (SSSR count). The summed E-state index contributed by atoms with van der Waals surface area (Å²) >= 11 is 0. The molecule has 234 valence electrons. The van der Waals surface area contributed by atoms with Gasteiger partial charge in [0.2, 0.25) is 0 Å². The molecule has 2 aromatic carbocycles. The lowest BCUT2D eigenvalue weighted by molar-refractivity contribution is -0.301.